The molecule has 0 radical (unpaired) electrons. The van der Waals surface area contributed by atoms with Gasteiger partial charge in [0.1, 0.15) is 0 Å². The van der Waals surface area contributed by atoms with Crippen molar-refractivity contribution in [3.8, 4) is 0 Å². The minimum atomic E-state index is -0.246. The molecule has 0 atom stereocenters. The maximum atomic E-state index is 11.7. The van der Waals surface area contributed by atoms with Gasteiger partial charge in [-0.3, -0.25) is 4.79 Å². The Hall–Kier alpha value is -1.58. The van der Waals surface area contributed by atoms with Crippen molar-refractivity contribution in [3.05, 3.63) is 46.5 Å². The molecule has 0 heterocycles. The van der Waals surface area contributed by atoms with Crippen molar-refractivity contribution in [2.24, 2.45) is 0 Å². The van der Waals surface area contributed by atoms with Crippen molar-refractivity contribution < 1.29 is 9.53 Å². The van der Waals surface area contributed by atoms with E-state index in [-0.39, 0.29) is 12.4 Å². The number of esters is 1. The van der Waals surface area contributed by atoms with Crippen LogP contribution in [0.5, 0.6) is 0 Å². The van der Waals surface area contributed by atoms with Gasteiger partial charge in [0.05, 0.1) is 13.0 Å². The zero-order valence-corrected chi connectivity index (χ0v) is 13.4. The van der Waals surface area contributed by atoms with Gasteiger partial charge >= 0.3 is 5.97 Å². The van der Waals surface area contributed by atoms with E-state index in [4.69, 9.17) is 16.3 Å². The van der Waals surface area contributed by atoms with Gasteiger partial charge in [-0.25, -0.2) is 0 Å². The molecule has 0 fully saturated rings. The minimum Gasteiger partial charge on any atom is -0.466 e. The molecular weight excluding hydrogens is 286 g/mol. The molecule has 0 aromatic heterocycles. The lowest BCUT2D eigenvalue weighted by molar-refractivity contribution is -0.142. The standard InChI is InChI=1S/C17H20ClNO2/c1-4-21-17(20)10-15-14-7-5-12(11-19(2)3)9-13(14)6-8-16(15)18/h5-9H,4,10-11H2,1-3H3. The van der Waals surface area contributed by atoms with E-state index in [9.17, 15) is 4.79 Å². The van der Waals surface area contributed by atoms with Gasteiger partial charge in [0, 0.05) is 11.6 Å². The number of hydrogen-bond acceptors (Lipinski definition) is 3. The molecule has 0 spiro atoms. The zero-order valence-electron chi connectivity index (χ0n) is 12.6. The van der Waals surface area contributed by atoms with Crippen LogP contribution in [0.25, 0.3) is 10.8 Å². The van der Waals surface area contributed by atoms with Crippen LogP contribution < -0.4 is 0 Å². The minimum absolute atomic E-state index is 0.205. The van der Waals surface area contributed by atoms with Crippen molar-refractivity contribution in [2.45, 2.75) is 19.9 Å². The summed E-state index contributed by atoms with van der Waals surface area (Å²) in [6.45, 7) is 3.07. The van der Waals surface area contributed by atoms with Gasteiger partial charge in [0.25, 0.3) is 0 Å². The molecule has 0 aliphatic carbocycles. The van der Waals surface area contributed by atoms with Gasteiger partial charge in [-0.1, -0.05) is 29.8 Å². The Labute approximate surface area is 130 Å². The molecule has 0 saturated heterocycles. The van der Waals surface area contributed by atoms with E-state index in [0.29, 0.717) is 11.6 Å². The first kappa shape index (κ1) is 15.8. The van der Waals surface area contributed by atoms with Crippen LogP contribution in [0.1, 0.15) is 18.1 Å². The van der Waals surface area contributed by atoms with Crippen molar-refractivity contribution in [3.63, 3.8) is 0 Å². The highest BCUT2D eigenvalue weighted by molar-refractivity contribution is 6.32. The van der Waals surface area contributed by atoms with E-state index < -0.39 is 0 Å². The smallest absolute Gasteiger partial charge is 0.310 e. The molecule has 2 aromatic rings. The lowest BCUT2D eigenvalue weighted by Crippen LogP contribution is -2.10. The van der Waals surface area contributed by atoms with Crippen molar-refractivity contribution in [2.75, 3.05) is 20.7 Å². The summed E-state index contributed by atoms with van der Waals surface area (Å²) in [6.07, 6.45) is 0.205. The van der Waals surface area contributed by atoms with Crippen LogP contribution in [0.3, 0.4) is 0 Å². The maximum absolute atomic E-state index is 11.7. The molecule has 21 heavy (non-hydrogen) atoms. The van der Waals surface area contributed by atoms with Crippen molar-refractivity contribution in [1.29, 1.82) is 0 Å². The molecule has 2 rings (SSSR count). The number of ether oxygens (including phenoxy) is 1. The summed E-state index contributed by atoms with van der Waals surface area (Å²) in [5.74, 6) is -0.246. The van der Waals surface area contributed by atoms with Crippen molar-refractivity contribution in [1.82, 2.24) is 4.90 Å². The lowest BCUT2D eigenvalue weighted by Gasteiger charge is -2.13. The summed E-state index contributed by atoms with van der Waals surface area (Å²) in [4.78, 5) is 13.9. The predicted octanol–water partition coefficient (Wildman–Crippen LogP) is 3.66. The number of benzene rings is 2. The largest absolute Gasteiger partial charge is 0.466 e. The Morgan fingerprint density at radius 2 is 2.00 bits per heavy atom. The van der Waals surface area contributed by atoms with E-state index in [0.717, 1.165) is 22.9 Å². The van der Waals surface area contributed by atoms with Crippen LogP contribution in [0.15, 0.2) is 30.3 Å². The SMILES string of the molecule is CCOC(=O)Cc1c(Cl)ccc2cc(CN(C)C)ccc12. The summed E-state index contributed by atoms with van der Waals surface area (Å²) in [6, 6.07) is 10.1. The fraction of sp³-hybridized carbons (Fsp3) is 0.353. The Kier molecular flexibility index (Phi) is 5.21. The molecule has 0 bridgehead atoms. The van der Waals surface area contributed by atoms with Crippen molar-refractivity contribution >= 4 is 28.3 Å². The number of hydrogen-bond donors (Lipinski definition) is 0. The molecule has 2 aromatic carbocycles. The van der Waals surface area contributed by atoms with Gasteiger partial charge in [-0.2, -0.15) is 0 Å². The van der Waals surface area contributed by atoms with Gasteiger partial charge < -0.3 is 9.64 Å². The second kappa shape index (κ2) is 6.92. The molecule has 4 heteroatoms. The first-order valence-electron chi connectivity index (χ1n) is 7.01. The molecule has 0 aliphatic rings. The maximum Gasteiger partial charge on any atom is 0.310 e. The average Bonchev–Trinajstić information content (AvgIpc) is 2.41. The Morgan fingerprint density at radius 3 is 2.67 bits per heavy atom. The van der Waals surface area contributed by atoms with E-state index >= 15 is 0 Å². The Morgan fingerprint density at radius 1 is 1.24 bits per heavy atom. The third kappa shape index (κ3) is 3.96. The van der Waals surface area contributed by atoms with Gasteiger partial charge in [0.15, 0.2) is 0 Å². The average molecular weight is 306 g/mol. The van der Waals surface area contributed by atoms with Crippen LogP contribution in [0.2, 0.25) is 5.02 Å². The van der Waals surface area contributed by atoms with Crippen LogP contribution in [0, 0.1) is 0 Å². The number of carbonyl (C=O) groups excluding carboxylic acids is 1. The van der Waals surface area contributed by atoms with Crippen LogP contribution in [0.4, 0.5) is 0 Å². The van der Waals surface area contributed by atoms with Crippen LogP contribution in [-0.2, 0) is 22.5 Å². The first-order valence-corrected chi connectivity index (χ1v) is 7.39. The summed E-state index contributed by atoms with van der Waals surface area (Å²) < 4.78 is 5.02. The number of fused-ring (bicyclic) bond motifs is 1. The summed E-state index contributed by atoms with van der Waals surface area (Å²) in [5, 5.41) is 2.71. The molecular formula is C17H20ClNO2. The number of nitrogens with zero attached hydrogens (tertiary/aromatic N) is 1. The van der Waals surface area contributed by atoms with Crippen LogP contribution in [-0.4, -0.2) is 31.6 Å². The second-order valence-corrected chi connectivity index (χ2v) is 5.71. The Balaban J connectivity index is 2.40. The molecule has 0 saturated carbocycles. The highest BCUT2D eigenvalue weighted by Gasteiger charge is 2.12. The molecule has 0 N–H and O–H groups in total. The predicted molar refractivity (Wildman–Crippen MR) is 86.7 cm³/mol. The Bertz CT molecular complexity index is 653. The third-order valence-electron chi connectivity index (χ3n) is 3.26. The third-order valence-corrected chi connectivity index (χ3v) is 3.62. The summed E-state index contributed by atoms with van der Waals surface area (Å²) in [7, 11) is 4.08. The normalized spacial score (nSPS) is 11.1. The topological polar surface area (TPSA) is 29.5 Å². The molecule has 0 unspecified atom stereocenters. The molecule has 0 aliphatic heterocycles. The van der Waals surface area contributed by atoms with Gasteiger partial charge in [-0.05, 0) is 55.1 Å². The van der Waals surface area contributed by atoms with E-state index in [2.05, 4.69) is 17.0 Å². The number of halogens is 1. The quantitative estimate of drug-likeness (QED) is 0.790. The van der Waals surface area contributed by atoms with Gasteiger partial charge in [0.2, 0.25) is 0 Å². The fourth-order valence-corrected chi connectivity index (χ4v) is 2.65. The molecule has 112 valence electrons. The number of carbonyl (C=O) groups is 1. The highest BCUT2D eigenvalue weighted by Crippen LogP contribution is 2.28. The second-order valence-electron chi connectivity index (χ2n) is 5.30. The summed E-state index contributed by atoms with van der Waals surface area (Å²) in [5.41, 5.74) is 2.07. The van der Waals surface area contributed by atoms with Gasteiger partial charge in [-0.15, -0.1) is 0 Å². The fourth-order valence-electron chi connectivity index (χ4n) is 2.42. The van der Waals surface area contributed by atoms with E-state index in [1.165, 1.54) is 5.56 Å². The lowest BCUT2D eigenvalue weighted by atomic mass is 10.00. The van der Waals surface area contributed by atoms with E-state index in [1.807, 2.05) is 32.3 Å². The summed E-state index contributed by atoms with van der Waals surface area (Å²) >= 11 is 6.26. The zero-order chi connectivity index (χ0) is 15.4. The molecule has 3 nitrogen and oxygen atoms in total. The molecule has 0 amide bonds. The first-order chi connectivity index (χ1) is 10.0. The highest BCUT2D eigenvalue weighted by atomic mass is 35.5. The number of rotatable bonds is 5. The van der Waals surface area contributed by atoms with Crippen LogP contribution >= 0.6 is 11.6 Å². The monoisotopic (exact) mass is 305 g/mol. The van der Waals surface area contributed by atoms with E-state index in [1.54, 1.807) is 6.92 Å².